The standard InChI is InChI=1S/C14H15N3O2S.ClH/c1-9(18)16-14-17-12(8-20-14)7-4-10-2-5-11(6-3-10)13(15)19;/h2-3,5-6,8H,4,7H2,1H3,(H2,15,19)(H,16,17,18);1H. The third-order valence-electron chi connectivity index (χ3n) is 2.74. The van der Waals surface area contributed by atoms with Gasteiger partial charge in [-0.05, 0) is 30.5 Å². The summed E-state index contributed by atoms with van der Waals surface area (Å²) in [4.78, 5) is 26.2. The van der Waals surface area contributed by atoms with Crippen LogP contribution >= 0.6 is 23.7 Å². The number of halogens is 1. The summed E-state index contributed by atoms with van der Waals surface area (Å²) in [5, 5.41) is 5.22. The van der Waals surface area contributed by atoms with Crippen molar-refractivity contribution in [1.29, 1.82) is 0 Å². The van der Waals surface area contributed by atoms with Gasteiger partial charge in [-0.25, -0.2) is 4.98 Å². The van der Waals surface area contributed by atoms with Crippen LogP contribution in [0.4, 0.5) is 5.13 Å². The second-order valence-electron chi connectivity index (χ2n) is 4.39. The molecule has 7 heteroatoms. The van der Waals surface area contributed by atoms with Crippen LogP contribution in [0.5, 0.6) is 0 Å². The van der Waals surface area contributed by atoms with Gasteiger partial charge in [-0.3, -0.25) is 9.59 Å². The Labute approximate surface area is 133 Å². The smallest absolute Gasteiger partial charge is 0.248 e. The van der Waals surface area contributed by atoms with Crippen LogP contribution < -0.4 is 11.1 Å². The number of nitrogens with one attached hydrogen (secondary N) is 1. The van der Waals surface area contributed by atoms with Crippen LogP contribution in [-0.4, -0.2) is 16.8 Å². The summed E-state index contributed by atoms with van der Waals surface area (Å²) in [7, 11) is 0. The highest BCUT2D eigenvalue weighted by molar-refractivity contribution is 7.13. The van der Waals surface area contributed by atoms with E-state index >= 15 is 0 Å². The van der Waals surface area contributed by atoms with Gasteiger partial charge < -0.3 is 11.1 Å². The maximum atomic E-state index is 11.0. The van der Waals surface area contributed by atoms with Crippen molar-refractivity contribution in [2.45, 2.75) is 19.8 Å². The molecule has 1 aromatic carbocycles. The van der Waals surface area contributed by atoms with Gasteiger partial charge >= 0.3 is 0 Å². The fourth-order valence-corrected chi connectivity index (χ4v) is 2.53. The van der Waals surface area contributed by atoms with Crippen LogP contribution in [0.1, 0.15) is 28.5 Å². The fourth-order valence-electron chi connectivity index (χ4n) is 1.74. The van der Waals surface area contributed by atoms with Crippen molar-refractivity contribution in [3.63, 3.8) is 0 Å². The van der Waals surface area contributed by atoms with Gasteiger partial charge in [-0.15, -0.1) is 23.7 Å². The summed E-state index contributed by atoms with van der Waals surface area (Å²) in [6, 6.07) is 7.23. The number of rotatable bonds is 5. The van der Waals surface area contributed by atoms with Gasteiger partial charge in [-0.1, -0.05) is 12.1 Å². The summed E-state index contributed by atoms with van der Waals surface area (Å²) in [5.74, 6) is -0.538. The molecule has 0 saturated carbocycles. The molecule has 0 saturated heterocycles. The molecule has 0 atom stereocenters. The first-order chi connectivity index (χ1) is 9.54. The third kappa shape index (κ3) is 5.17. The van der Waals surface area contributed by atoms with E-state index in [1.165, 1.54) is 18.3 Å². The third-order valence-corrected chi connectivity index (χ3v) is 3.55. The number of amides is 2. The number of carbonyl (C=O) groups excluding carboxylic acids is 2. The van der Waals surface area contributed by atoms with Crippen molar-refractivity contribution >= 4 is 40.7 Å². The number of thiazole rings is 1. The largest absolute Gasteiger partial charge is 0.366 e. The van der Waals surface area contributed by atoms with E-state index in [1.807, 2.05) is 17.5 Å². The Hall–Kier alpha value is -1.92. The molecule has 0 aliphatic heterocycles. The van der Waals surface area contributed by atoms with Crippen LogP contribution in [0.2, 0.25) is 0 Å². The number of benzene rings is 1. The lowest BCUT2D eigenvalue weighted by molar-refractivity contribution is -0.114. The molecule has 0 unspecified atom stereocenters. The van der Waals surface area contributed by atoms with Gasteiger partial charge in [0.05, 0.1) is 5.69 Å². The van der Waals surface area contributed by atoms with E-state index in [2.05, 4.69) is 10.3 Å². The van der Waals surface area contributed by atoms with E-state index in [4.69, 9.17) is 5.73 Å². The summed E-state index contributed by atoms with van der Waals surface area (Å²) in [5.41, 5.74) is 7.76. The van der Waals surface area contributed by atoms with Gasteiger partial charge in [0, 0.05) is 17.9 Å². The first-order valence-corrected chi connectivity index (χ1v) is 7.03. The maximum absolute atomic E-state index is 11.0. The monoisotopic (exact) mass is 325 g/mol. The van der Waals surface area contributed by atoms with Crippen LogP contribution in [0.3, 0.4) is 0 Å². The quantitative estimate of drug-likeness (QED) is 0.885. The lowest BCUT2D eigenvalue weighted by Crippen LogP contribution is -2.10. The SMILES string of the molecule is CC(=O)Nc1nc(CCc2ccc(C(N)=O)cc2)cs1.Cl. The second-order valence-corrected chi connectivity index (χ2v) is 5.24. The van der Waals surface area contributed by atoms with Crippen molar-refractivity contribution in [2.24, 2.45) is 5.73 Å². The first kappa shape index (κ1) is 17.1. The summed E-state index contributed by atoms with van der Waals surface area (Å²) in [6.45, 7) is 1.46. The molecule has 0 spiro atoms. The Morgan fingerprint density at radius 2 is 1.90 bits per heavy atom. The molecule has 112 valence electrons. The van der Waals surface area contributed by atoms with Crippen LogP contribution in [-0.2, 0) is 17.6 Å². The van der Waals surface area contributed by atoms with Crippen molar-refractivity contribution in [2.75, 3.05) is 5.32 Å². The molecule has 2 amide bonds. The number of hydrogen-bond donors (Lipinski definition) is 2. The molecule has 0 fully saturated rings. The van der Waals surface area contributed by atoms with Crippen LogP contribution in [0.15, 0.2) is 29.6 Å². The van der Waals surface area contributed by atoms with Gasteiger partial charge in [0.15, 0.2) is 5.13 Å². The summed E-state index contributed by atoms with van der Waals surface area (Å²) < 4.78 is 0. The minimum Gasteiger partial charge on any atom is -0.366 e. The number of primary amides is 1. The van der Waals surface area contributed by atoms with E-state index < -0.39 is 5.91 Å². The molecule has 0 aliphatic carbocycles. The minimum atomic E-state index is -0.420. The lowest BCUT2D eigenvalue weighted by Gasteiger charge is -2.01. The van der Waals surface area contributed by atoms with Gasteiger partial charge in [0.25, 0.3) is 0 Å². The average molecular weight is 326 g/mol. The van der Waals surface area contributed by atoms with Gasteiger partial charge in [-0.2, -0.15) is 0 Å². The molecule has 2 aromatic rings. The predicted molar refractivity (Wildman–Crippen MR) is 86.0 cm³/mol. The normalized spacial score (nSPS) is 9.76. The fraction of sp³-hybridized carbons (Fsp3) is 0.214. The molecule has 1 heterocycles. The van der Waals surface area contributed by atoms with Crippen LogP contribution in [0.25, 0.3) is 0 Å². The molecule has 0 aliphatic rings. The van der Waals surface area contributed by atoms with Gasteiger partial charge in [0.2, 0.25) is 11.8 Å². The summed E-state index contributed by atoms with van der Waals surface area (Å²) in [6.07, 6.45) is 1.61. The topological polar surface area (TPSA) is 85.1 Å². The number of hydrogen-bond acceptors (Lipinski definition) is 4. The Morgan fingerprint density at radius 3 is 2.48 bits per heavy atom. The second kappa shape index (κ2) is 7.75. The van der Waals surface area contributed by atoms with E-state index in [-0.39, 0.29) is 18.3 Å². The molecule has 5 nitrogen and oxygen atoms in total. The molecule has 0 radical (unpaired) electrons. The number of aromatic nitrogens is 1. The number of nitrogens with zero attached hydrogens (tertiary/aromatic N) is 1. The number of anilines is 1. The Bertz CT molecular complexity index is 625. The molecular formula is C14H16ClN3O2S. The molecule has 3 N–H and O–H groups in total. The molecule has 21 heavy (non-hydrogen) atoms. The van der Waals surface area contributed by atoms with Crippen molar-refractivity contribution in [3.05, 3.63) is 46.5 Å². The average Bonchev–Trinajstić information content (AvgIpc) is 2.83. The van der Waals surface area contributed by atoms with Crippen LogP contribution in [0, 0.1) is 0 Å². The molecule has 2 rings (SSSR count). The summed E-state index contributed by atoms with van der Waals surface area (Å²) >= 11 is 1.42. The number of aryl methyl sites for hydroxylation is 2. The Balaban J connectivity index is 0.00000220. The highest BCUT2D eigenvalue weighted by Crippen LogP contribution is 2.17. The zero-order valence-corrected chi connectivity index (χ0v) is 13.1. The Morgan fingerprint density at radius 1 is 1.24 bits per heavy atom. The number of nitrogens with two attached hydrogens (primary N) is 1. The van der Waals surface area contributed by atoms with E-state index in [0.29, 0.717) is 10.7 Å². The molecular weight excluding hydrogens is 310 g/mol. The number of carbonyl (C=O) groups is 2. The zero-order chi connectivity index (χ0) is 14.5. The van der Waals surface area contributed by atoms with Crippen molar-refractivity contribution in [1.82, 2.24) is 4.98 Å². The zero-order valence-electron chi connectivity index (χ0n) is 11.5. The van der Waals surface area contributed by atoms with E-state index in [9.17, 15) is 9.59 Å². The highest BCUT2D eigenvalue weighted by atomic mass is 35.5. The molecule has 1 aromatic heterocycles. The Kier molecular flexibility index (Phi) is 6.33. The van der Waals surface area contributed by atoms with E-state index in [0.717, 1.165) is 24.1 Å². The lowest BCUT2D eigenvalue weighted by atomic mass is 10.1. The predicted octanol–water partition coefficient (Wildman–Crippen LogP) is 2.41. The van der Waals surface area contributed by atoms with Crippen molar-refractivity contribution < 1.29 is 9.59 Å². The molecule has 0 bridgehead atoms. The highest BCUT2D eigenvalue weighted by Gasteiger charge is 2.04. The first-order valence-electron chi connectivity index (χ1n) is 6.15. The minimum absolute atomic E-state index is 0. The van der Waals surface area contributed by atoms with Gasteiger partial charge in [0.1, 0.15) is 0 Å². The van der Waals surface area contributed by atoms with Crippen molar-refractivity contribution in [3.8, 4) is 0 Å². The maximum Gasteiger partial charge on any atom is 0.248 e. The van der Waals surface area contributed by atoms with E-state index in [1.54, 1.807) is 12.1 Å².